The van der Waals surface area contributed by atoms with Crippen molar-refractivity contribution in [3.63, 3.8) is 0 Å². The van der Waals surface area contributed by atoms with Gasteiger partial charge in [-0.1, -0.05) is 5.16 Å². The van der Waals surface area contributed by atoms with E-state index in [1.165, 1.54) is 42.5 Å². The number of hydrogen-bond donors (Lipinski definition) is 4. The first-order valence-corrected chi connectivity index (χ1v) is 10.3. The normalized spacial score (nSPS) is 11.5. The molecule has 2 heterocycles. The van der Waals surface area contributed by atoms with Crippen molar-refractivity contribution in [1.82, 2.24) is 15.1 Å². The number of anilines is 2. The van der Waals surface area contributed by atoms with Crippen LogP contribution in [-0.4, -0.2) is 29.4 Å². The van der Waals surface area contributed by atoms with Crippen LogP contribution in [-0.2, 0) is 10.0 Å². The highest BCUT2D eigenvalue weighted by Gasteiger charge is 2.17. The lowest BCUT2D eigenvalue weighted by atomic mass is 10.2. The summed E-state index contributed by atoms with van der Waals surface area (Å²) in [5.74, 6) is 0.117. The number of carbonyl (C=O) groups excluding carboxylic acids is 1. The first-order chi connectivity index (χ1) is 14.2. The molecular formula is C19H17N5O5S. The van der Waals surface area contributed by atoms with E-state index < -0.39 is 15.7 Å². The number of fused-ring (bicyclic) bond motifs is 1. The van der Waals surface area contributed by atoms with Crippen molar-refractivity contribution in [3.8, 4) is 0 Å². The number of aromatic nitrogens is 3. The molecule has 0 bridgehead atoms. The summed E-state index contributed by atoms with van der Waals surface area (Å²) in [6.07, 6.45) is 0. The van der Waals surface area contributed by atoms with Crippen LogP contribution >= 0.6 is 0 Å². The minimum absolute atomic E-state index is 0.00882. The Labute approximate surface area is 170 Å². The summed E-state index contributed by atoms with van der Waals surface area (Å²) in [6.45, 7) is 3.40. The number of carbonyl (C=O) groups is 1. The maximum absolute atomic E-state index is 12.6. The average molecular weight is 427 g/mol. The lowest BCUT2D eigenvalue weighted by Gasteiger charge is -2.09. The standard InChI is InChI=1S/C19H17N5O5S/c1-10-17(11(2)29-23-10)22-18(25)12-3-5-13(6-4-12)24-30(27,28)14-7-8-15-16(9-14)21-19(26)20-15/h3-9,24H,1-2H3,(H,22,25)(H2,20,21,26). The third kappa shape index (κ3) is 3.70. The highest BCUT2D eigenvalue weighted by molar-refractivity contribution is 7.92. The van der Waals surface area contributed by atoms with Gasteiger partial charge in [-0.05, 0) is 56.3 Å². The van der Waals surface area contributed by atoms with E-state index in [2.05, 4.69) is 25.2 Å². The SMILES string of the molecule is Cc1noc(C)c1NC(=O)c1ccc(NS(=O)(=O)c2ccc3[nH]c(=O)[nH]c3c2)cc1. The summed E-state index contributed by atoms with van der Waals surface area (Å²) in [5.41, 5.74) is 2.16. The Morgan fingerprint density at radius 3 is 2.40 bits per heavy atom. The summed E-state index contributed by atoms with van der Waals surface area (Å²) >= 11 is 0. The minimum atomic E-state index is -3.89. The van der Waals surface area contributed by atoms with Gasteiger partial charge in [-0.15, -0.1) is 0 Å². The summed E-state index contributed by atoms with van der Waals surface area (Å²) in [6, 6.07) is 10.2. The smallest absolute Gasteiger partial charge is 0.323 e. The zero-order valence-corrected chi connectivity index (χ0v) is 16.8. The molecule has 0 atom stereocenters. The van der Waals surface area contributed by atoms with Crippen molar-refractivity contribution in [2.75, 3.05) is 10.0 Å². The molecule has 0 radical (unpaired) electrons. The van der Waals surface area contributed by atoms with E-state index in [1.807, 2.05) is 0 Å². The largest absolute Gasteiger partial charge is 0.359 e. The number of aromatic amines is 2. The Morgan fingerprint density at radius 1 is 1.03 bits per heavy atom. The average Bonchev–Trinajstić information content (AvgIpc) is 3.23. The van der Waals surface area contributed by atoms with Crippen molar-refractivity contribution in [1.29, 1.82) is 0 Å². The van der Waals surface area contributed by atoms with Crippen LogP contribution in [0.15, 0.2) is 56.7 Å². The molecule has 0 aliphatic carbocycles. The Kier molecular flexibility index (Phi) is 4.66. The zero-order chi connectivity index (χ0) is 21.5. The summed E-state index contributed by atoms with van der Waals surface area (Å²) in [5, 5.41) is 6.50. The molecule has 4 aromatic rings. The molecule has 0 spiro atoms. The molecule has 154 valence electrons. The van der Waals surface area contributed by atoms with Crippen molar-refractivity contribution in [3.05, 3.63) is 70.0 Å². The van der Waals surface area contributed by atoms with Crippen molar-refractivity contribution in [2.24, 2.45) is 0 Å². The molecule has 4 rings (SSSR count). The molecule has 0 unspecified atom stereocenters. The number of aryl methyl sites for hydroxylation is 2. The topological polar surface area (TPSA) is 150 Å². The van der Waals surface area contributed by atoms with Crippen LogP contribution in [0.4, 0.5) is 11.4 Å². The maximum atomic E-state index is 12.6. The van der Waals surface area contributed by atoms with E-state index in [9.17, 15) is 18.0 Å². The lowest BCUT2D eigenvalue weighted by Crippen LogP contribution is -2.14. The number of sulfonamides is 1. The molecular weight excluding hydrogens is 410 g/mol. The van der Waals surface area contributed by atoms with E-state index in [0.29, 0.717) is 33.7 Å². The molecule has 11 heteroatoms. The molecule has 0 saturated heterocycles. The molecule has 10 nitrogen and oxygen atoms in total. The molecule has 0 fully saturated rings. The predicted octanol–water partition coefficient (Wildman–Crippen LogP) is 2.51. The highest BCUT2D eigenvalue weighted by atomic mass is 32.2. The fourth-order valence-corrected chi connectivity index (χ4v) is 4.01. The van der Waals surface area contributed by atoms with Crippen LogP contribution in [0.5, 0.6) is 0 Å². The number of nitrogens with one attached hydrogen (secondary N) is 4. The summed E-state index contributed by atoms with van der Waals surface area (Å²) in [7, 11) is -3.89. The number of benzene rings is 2. The Hall–Kier alpha value is -3.86. The predicted molar refractivity (Wildman–Crippen MR) is 110 cm³/mol. The maximum Gasteiger partial charge on any atom is 0.323 e. The number of nitrogens with zero attached hydrogens (tertiary/aromatic N) is 1. The quantitative estimate of drug-likeness (QED) is 0.384. The van der Waals surface area contributed by atoms with E-state index in [4.69, 9.17) is 4.52 Å². The minimum Gasteiger partial charge on any atom is -0.359 e. The highest BCUT2D eigenvalue weighted by Crippen LogP contribution is 2.22. The van der Waals surface area contributed by atoms with Gasteiger partial charge >= 0.3 is 5.69 Å². The number of imidazole rings is 1. The molecule has 1 amide bonds. The third-order valence-corrected chi connectivity index (χ3v) is 5.85. The lowest BCUT2D eigenvalue weighted by molar-refractivity contribution is 0.102. The number of amides is 1. The van der Waals surface area contributed by atoms with Gasteiger partial charge in [0, 0.05) is 11.3 Å². The number of hydrogen-bond acceptors (Lipinski definition) is 6. The van der Waals surface area contributed by atoms with Crippen LogP contribution in [0.25, 0.3) is 11.0 Å². The molecule has 30 heavy (non-hydrogen) atoms. The van der Waals surface area contributed by atoms with Gasteiger partial charge in [0.2, 0.25) is 0 Å². The number of rotatable bonds is 5. The Bertz CT molecular complexity index is 1390. The van der Waals surface area contributed by atoms with Crippen molar-refractivity contribution in [2.45, 2.75) is 18.7 Å². The zero-order valence-electron chi connectivity index (χ0n) is 15.9. The first-order valence-electron chi connectivity index (χ1n) is 8.82. The first kappa shape index (κ1) is 19.5. The van der Waals surface area contributed by atoms with Crippen molar-refractivity contribution < 1.29 is 17.7 Å². The van der Waals surface area contributed by atoms with E-state index in [0.717, 1.165) is 0 Å². The molecule has 2 aromatic heterocycles. The Balaban J connectivity index is 1.52. The monoisotopic (exact) mass is 427 g/mol. The van der Waals surface area contributed by atoms with Crippen LogP contribution in [0.1, 0.15) is 21.8 Å². The fraction of sp³-hybridized carbons (Fsp3) is 0.105. The fourth-order valence-electron chi connectivity index (χ4n) is 2.93. The van der Waals surface area contributed by atoms with E-state index in [-0.39, 0.29) is 16.5 Å². The van der Waals surface area contributed by atoms with Gasteiger partial charge in [0.15, 0.2) is 5.76 Å². The summed E-state index contributed by atoms with van der Waals surface area (Å²) in [4.78, 5) is 28.8. The second-order valence-corrected chi connectivity index (χ2v) is 8.31. The number of H-pyrrole nitrogens is 2. The van der Waals surface area contributed by atoms with Gasteiger partial charge in [0.25, 0.3) is 15.9 Å². The molecule has 4 N–H and O–H groups in total. The van der Waals surface area contributed by atoms with Crippen LogP contribution in [0.2, 0.25) is 0 Å². The van der Waals surface area contributed by atoms with Gasteiger partial charge in [0.05, 0.1) is 15.9 Å². The summed E-state index contributed by atoms with van der Waals surface area (Å²) < 4.78 is 32.8. The van der Waals surface area contributed by atoms with Gasteiger partial charge in [0.1, 0.15) is 11.4 Å². The molecule has 0 aliphatic heterocycles. The van der Waals surface area contributed by atoms with Gasteiger partial charge < -0.3 is 19.8 Å². The Morgan fingerprint density at radius 2 is 1.73 bits per heavy atom. The molecule has 2 aromatic carbocycles. The second-order valence-electron chi connectivity index (χ2n) is 6.62. The van der Waals surface area contributed by atoms with E-state index in [1.54, 1.807) is 13.8 Å². The van der Waals surface area contributed by atoms with Crippen LogP contribution in [0, 0.1) is 13.8 Å². The van der Waals surface area contributed by atoms with Gasteiger partial charge in [-0.3, -0.25) is 9.52 Å². The third-order valence-electron chi connectivity index (χ3n) is 4.47. The molecule has 0 aliphatic rings. The van der Waals surface area contributed by atoms with Crippen LogP contribution in [0.3, 0.4) is 0 Å². The van der Waals surface area contributed by atoms with Gasteiger partial charge in [-0.2, -0.15) is 0 Å². The van der Waals surface area contributed by atoms with Crippen LogP contribution < -0.4 is 15.7 Å². The van der Waals surface area contributed by atoms with E-state index >= 15 is 0 Å². The van der Waals surface area contributed by atoms with Crippen molar-refractivity contribution >= 4 is 38.3 Å². The second kappa shape index (κ2) is 7.19. The molecule has 0 saturated carbocycles. The van der Waals surface area contributed by atoms with Gasteiger partial charge in [-0.25, -0.2) is 13.2 Å².